The van der Waals surface area contributed by atoms with Gasteiger partial charge in [-0.1, -0.05) is 0 Å². The van der Waals surface area contributed by atoms with Gasteiger partial charge in [0.1, 0.15) is 6.04 Å². The largest absolute Gasteiger partial charge is 0.347 e. The summed E-state index contributed by atoms with van der Waals surface area (Å²) >= 11 is 0. The molecular formula is C13H17FN4O2. The Kier molecular flexibility index (Phi) is 4.29. The van der Waals surface area contributed by atoms with Gasteiger partial charge in [0.2, 0.25) is 5.91 Å². The van der Waals surface area contributed by atoms with Crippen LogP contribution in [0, 0.1) is 5.82 Å². The summed E-state index contributed by atoms with van der Waals surface area (Å²) in [4.78, 5) is 31.0. The van der Waals surface area contributed by atoms with E-state index in [2.05, 4.69) is 10.3 Å². The van der Waals surface area contributed by atoms with E-state index in [9.17, 15) is 14.0 Å². The number of hydrogen-bond acceptors (Lipinski definition) is 4. The van der Waals surface area contributed by atoms with Crippen LogP contribution in [0.5, 0.6) is 0 Å². The maximum Gasteiger partial charge on any atom is 0.257 e. The molecule has 1 atom stereocenters. The predicted octanol–water partition coefficient (Wildman–Crippen LogP) is -0.277. The number of carbonyl (C=O) groups excluding carboxylic acids is 2. The average molecular weight is 280 g/mol. The van der Waals surface area contributed by atoms with Gasteiger partial charge in [0.15, 0.2) is 5.82 Å². The first-order chi connectivity index (χ1) is 9.52. The predicted molar refractivity (Wildman–Crippen MR) is 70.6 cm³/mol. The lowest BCUT2D eigenvalue weighted by atomic mass is 10.1. The van der Waals surface area contributed by atoms with Crippen molar-refractivity contribution in [1.29, 1.82) is 0 Å². The summed E-state index contributed by atoms with van der Waals surface area (Å²) in [5, 5.41) is 3.07. The molecule has 0 radical (unpaired) electrons. The maximum atomic E-state index is 13.7. The second-order valence-electron chi connectivity index (χ2n) is 4.81. The first-order valence-electron chi connectivity index (χ1n) is 6.34. The van der Waals surface area contributed by atoms with E-state index in [-0.39, 0.29) is 11.5 Å². The highest BCUT2D eigenvalue weighted by Gasteiger charge is 2.34. The van der Waals surface area contributed by atoms with E-state index in [1.54, 1.807) is 14.1 Å². The number of likely N-dealkylation sites (N-methyl/N-ethyl adjacent to an activating group) is 1. The van der Waals surface area contributed by atoms with Gasteiger partial charge in [0.25, 0.3) is 5.91 Å². The molecule has 0 aromatic carbocycles. The van der Waals surface area contributed by atoms with Crippen molar-refractivity contribution in [2.24, 2.45) is 0 Å². The number of hydrogen-bond donors (Lipinski definition) is 1. The number of piperazine rings is 1. The molecule has 0 bridgehead atoms. The molecule has 1 aliphatic rings. The van der Waals surface area contributed by atoms with E-state index in [1.165, 1.54) is 22.1 Å². The molecule has 1 aliphatic heterocycles. The Morgan fingerprint density at radius 1 is 1.50 bits per heavy atom. The zero-order chi connectivity index (χ0) is 14.7. The van der Waals surface area contributed by atoms with Gasteiger partial charge in [-0.25, -0.2) is 4.39 Å². The molecule has 0 saturated carbocycles. The summed E-state index contributed by atoms with van der Waals surface area (Å²) in [5.74, 6) is -1.33. The minimum Gasteiger partial charge on any atom is -0.347 e. The Morgan fingerprint density at radius 3 is 2.90 bits per heavy atom. The van der Waals surface area contributed by atoms with Crippen molar-refractivity contribution in [1.82, 2.24) is 20.1 Å². The van der Waals surface area contributed by atoms with Crippen LogP contribution in [0.15, 0.2) is 18.5 Å². The molecule has 7 heteroatoms. The number of nitrogens with one attached hydrogen (secondary N) is 1. The van der Waals surface area contributed by atoms with Gasteiger partial charge in [-0.05, 0) is 6.07 Å². The van der Waals surface area contributed by atoms with Crippen molar-refractivity contribution >= 4 is 11.8 Å². The Hall–Kier alpha value is -2.02. The summed E-state index contributed by atoms with van der Waals surface area (Å²) in [6.07, 6.45) is 2.36. The lowest BCUT2D eigenvalue weighted by molar-refractivity contribution is -0.134. The molecule has 2 amide bonds. The number of pyridine rings is 1. The van der Waals surface area contributed by atoms with Crippen LogP contribution in [0.1, 0.15) is 10.4 Å². The number of halogens is 1. The Balaban J connectivity index is 2.26. The second-order valence-corrected chi connectivity index (χ2v) is 4.81. The number of amides is 2. The van der Waals surface area contributed by atoms with Gasteiger partial charge in [0, 0.05) is 39.9 Å². The van der Waals surface area contributed by atoms with E-state index in [1.807, 2.05) is 0 Å². The zero-order valence-corrected chi connectivity index (χ0v) is 11.5. The number of nitrogens with zero attached hydrogens (tertiary/aromatic N) is 3. The summed E-state index contributed by atoms with van der Waals surface area (Å²) in [5.41, 5.74) is -0.0570. The molecule has 1 N–H and O–H groups in total. The van der Waals surface area contributed by atoms with Crippen molar-refractivity contribution in [2.45, 2.75) is 6.04 Å². The molecule has 1 aromatic heterocycles. The SMILES string of the molecule is CN(C)C(=O)C1CNCCN1C(=O)c1ccncc1F. The lowest BCUT2D eigenvalue weighted by Crippen LogP contribution is -2.59. The molecule has 1 fully saturated rings. The minimum absolute atomic E-state index is 0.0570. The van der Waals surface area contributed by atoms with Crippen molar-refractivity contribution in [3.63, 3.8) is 0 Å². The molecule has 6 nitrogen and oxygen atoms in total. The fraction of sp³-hybridized carbons (Fsp3) is 0.462. The third-order valence-electron chi connectivity index (χ3n) is 3.23. The smallest absolute Gasteiger partial charge is 0.257 e. The summed E-state index contributed by atoms with van der Waals surface area (Å²) in [7, 11) is 3.26. The van der Waals surface area contributed by atoms with Gasteiger partial charge in [-0.3, -0.25) is 14.6 Å². The van der Waals surface area contributed by atoms with Gasteiger partial charge in [-0.2, -0.15) is 0 Å². The van der Waals surface area contributed by atoms with Crippen molar-refractivity contribution in [3.05, 3.63) is 29.8 Å². The molecule has 1 aromatic rings. The first kappa shape index (κ1) is 14.4. The first-order valence-corrected chi connectivity index (χ1v) is 6.34. The van der Waals surface area contributed by atoms with Crippen LogP contribution in [0.2, 0.25) is 0 Å². The Morgan fingerprint density at radius 2 is 2.25 bits per heavy atom. The average Bonchev–Trinajstić information content (AvgIpc) is 2.46. The third-order valence-corrected chi connectivity index (χ3v) is 3.23. The highest BCUT2D eigenvalue weighted by molar-refractivity contribution is 5.97. The van der Waals surface area contributed by atoms with Crippen LogP contribution in [0.4, 0.5) is 4.39 Å². The van der Waals surface area contributed by atoms with Crippen molar-refractivity contribution in [3.8, 4) is 0 Å². The molecule has 1 saturated heterocycles. The quantitative estimate of drug-likeness (QED) is 0.809. The van der Waals surface area contributed by atoms with Crippen LogP contribution in [0.25, 0.3) is 0 Å². The number of rotatable bonds is 2. The highest BCUT2D eigenvalue weighted by atomic mass is 19.1. The Bertz CT molecular complexity index is 521. The normalized spacial score (nSPS) is 18.8. The van der Waals surface area contributed by atoms with Crippen LogP contribution in [0.3, 0.4) is 0 Å². The monoisotopic (exact) mass is 280 g/mol. The van der Waals surface area contributed by atoms with Gasteiger partial charge >= 0.3 is 0 Å². The van der Waals surface area contributed by atoms with E-state index < -0.39 is 17.8 Å². The van der Waals surface area contributed by atoms with Crippen molar-refractivity contribution < 1.29 is 14.0 Å². The lowest BCUT2D eigenvalue weighted by Gasteiger charge is -2.36. The second kappa shape index (κ2) is 5.96. The topological polar surface area (TPSA) is 65.5 Å². The fourth-order valence-electron chi connectivity index (χ4n) is 2.17. The van der Waals surface area contributed by atoms with Gasteiger partial charge in [-0.15, -0.1) is 0 Å². The molecule has 108 valence electrons. The summed E-state index contributed by atoms with van der Waals surface area (Å²) < 4.78 is 13.7. The molecule has 2 rings (SSSR count). The molecular weight excluding hydrogens is 263 g/mol. The third kappa shape index (κ3) is 2.77. The van der Waals surface area contributed by atoms with Crippen LogP contribution >= 0.6 is 0 Å². The highest BCUT2D eigenvalue weighted by Crippen LogP contribution is 2.14. The maximum absolute atomic E-state index is 13.7. The van der Waals surface area contributed by atoms with E-state index in [0.717, 1.165) is 6.20 Å². The van der Waals surface area contributed by atoms with E-state index in [4.69, 9.17) is 0 Å². The molecule has 20 heavy (non-hydrogen) atoms. The summed E-state index contributed by atoms with van der Waals surface area (Å²) in [6.45, 7) is 1.32. The van der Waals surface area contributed by atoms with Crippen LogP contribution in [-0.4, -0.2) is 66.4 Å². The Labute approximate surface area is 116 Å². The number of carbonyl (C=O) groups is 2. The van der Waals surface area contributed by atoms with E-state index in [0.29, 0.717) is 19.6 Å². The fourth-order valence-corrected chi connectivity index (χ4v) is 2.17. The zero-order valence-electron chi connectivity index (χ0n) is 11.5. The molecule has 0 aliphatic carbocycles. The summed E-state index contributed by atoms with van der Waals surface area (Å²) in [6, 6.07) is 0.718. The van der Waals surface area contributed by atoms with Crippen LogP contribution in [-0.2, 0) is 4.79 Å². The van der Waals surface area contributed by atoms with Gasteiger partial charge < -0.3 is 15.1 Å². The van der Waals surface area contributed by atoms with Gasteiger partial charge in [0.05, 0.1) is 11.8 Å². The molecule has 1 unspecified atom stereocenters. The minimum atomic E-state index is -0.674. The molecule has 2 heterocycles. The molecule has 0 spiro atoms. The number of aromatic nitrogens is 1. The standard InChI is InChI=1S/C13H17FN4O2/c1-17(2)13(20)11-8-16-5-6-18(11)12(19)9-3-4-15-7-10(9)14/h3-4,7,11,16H,5-6,8H2,1-2H3. The van der Waals surface area contributed by atoms with Crippen LogP contribution < -0.4 is 5.32 Å². The van der Waals surface area contributed by atoms with Crippen molar-refractivity contribution in [2.75, 3.05) is 33.7 Å². The van der Waals surface area contributed by atoms with E-state index >= 15 is 0 Å².